The lowest BCUT2D eigenvalue weighted by Crippen LogP contribution is -1.75. The third kappa shape index (κ3) is 5.29. The number of rotatable bonds is 5. The Labute approximate surface area is 63.0 Å². The summed E-state index contributed by atoms with van der Waals surface area (Å²) in [5.41, 5.74) is 1.12. The Hall–Kier alpha value is -0.850. The largest absolute Gasteiger partial charge is 0.309 e. The van der Waals surface area contributed by atoms with Gasteiger partial charge in [-0.15, -0.1) is 0 Å². The maximum Gasteiger partial charge on any atom is 0.0177 e. The molecule has 0 rings (SSSR count). The molecule has 1 nitrogen and oxygen atoms in total. The van der Waals surface area contributed by atoms with Crippen LogP contribution in [0.4, 0.5) is 0 Å². The zero-order valence-corrected chi connectivity index (χ0v) is 6.56. The highest BCUT2D eigenvalue weighted by Gasteiger charge is 1.85. The van der Waals surface area contributed by atoms with Gasteiger partial charge in [0.15, 0.2) is 0 Å². The molecule has 0 saturated heterocycles. The summed E-state index contributed by atoms with van der Waals surface area (Å²) in [7, 11) is 0. The van der Waals surface area contributed by atoms with E-state index in [-0.39, 0.29) is 0 Å². The summed E-state index contributed by atoms with van der Waals surface area (Å²) in [6, 6.07) is 0. The molecule has 1 N–H and O–H groups in total. The fourth-order valence-electron chi connectivity index (χ4n) is 0.671. The molecule has 1 heteroatoms. The molecule has 0 saturated carbocycles. The average Bonchev–Trinajstić information content (AvgIpc) is 1.97. The van der Waals surface area contributed by atoms with Crippen LogP contribution < -0.4 is 0 Å². The van der Waals surface area contributed by atoms with Crippen LogP contribution in [-0.4, -0.2) is 6.21 Å². The maximum atomic E-state index is 6.72. The Balaban J connectivity index is 3.43. The molecular formula is C9H15N. The highest BCUT2D eigenvalue weighted by molar-refractivity contribution is 5.68. The van der Waals surface area contributed by atoms with Gasteiger partial charge in [0.1, 0.15) is 0 Å². The van der Waals surface area contributed by atoms with Crippen molar-refractivity contribution in [2.24, 2.45) is 0 Å². The van der Waals surface area contributed by atoms with Gasteiger partial charge in [0.05, 0.1) is 0 Å². The molecular weight excluding hydrogens is 122 g/mol. The summed E-state index contributed by atoms with van der Waals surface area (Å²) in [5, 5.41) is 6.72. The Morgan fingerprint density at radius 2 is 2.30 bits per heavy atom. The summed E-state index contributed by atoms with van der Waals surface area (Å²) < 4.78 is 0. The van der Waals surface area contributed by atoms with Crippen molar-refractivity contribution in [3.8, 4) is 0 Å². The smallest absolute Gasteiger partial charge is 0.0177 e. The molecule has 0 aliphatic carbocycles. The second-order valence-electron chi connectivity index (χ2n) is 2.29. The molecule has 0 amide bonds. The lowest BCUT2D eigenvalue weighted by atomic mass is 10.1. The first kappa shape index (κ1) is 9.15. The van der Waals surface area contributed by atoms with Gasteiger partial charge in [-0.3, -0.25) is 0 Å². The predicted molar refractivity (Wildman–Crippen MR) is 46.6 cm³/mol. The number of unbranched alkanes of at least 4 members (excludes halogenated alkanes) is 1. The fraction of sp³-hybridized carbons (Fsp3) is 0.444. The van der Waals surface area contributed by atoms with Crippen LogP contribution in [0.5, 0.6) is 0 Å². The van der Waals surface area contributed by atoms with Crippen LogP contribution in [0.2, 0.25) is 0 Å². The van der Waals surface area contributed by atoms with E-state index in [1.54, 1.807) is 6.08 Å². The van der Waals surface area contributed by atoms with Gasteiger partial charge in [0.2, 0.25) is 0 Å². The topological polar surface area (TPSA) is 23.9 Å². The normalized spacial score (nSPS) is 10.1. The summed E-state index contributed by atoms with van der Waals surface area (Å²) in [6.07, 6.45) is 8.33. The Morgan fingerprint density at radius 1 is 1.60 bits per heavy atom. The van der Waals surface area contributed by atoms with Gasteiger partial charge in [-0.1, -0.05) is 31.6 Å². The predicted octanol–water partition coefficient (Wildman–Crippen LogP) is 2.94. The van der Waals surface area contributed by atoms with Gasteiger partial charge in [-0.25, -0.2) is 0 Å². The molecule has 0 unspecified atom stereocenters. The first-order valence-electron chi connectivity index (χ1n) is 3.66. The first-order chi connectivity index (χ1) is 4.81. The van der Waals surface area contributed by atoms with E-state index in [0.717, 1.165) is 12.0 Å². The number of hydrogen-bond acceptors (Lipinski definition) is 1. The van der Waals surface area contributed by atoms with Crippen molar-refractivity contribution in [3.63, 3.8) is 0 Å². The van der Waals surface area contributed by atoms with Crippen LogP contribution in [0.3, 0.4) is 0 Å². The Kier molecular flexibility index (Phi) is 5.74. The van der Waals surface area contributed by atoms with Gasteiger partial charge >= 0.3 is 0 Å². The highest BCUT2D eigenvalue weighted by Crippen LogP contribution is 2.04. The second kappa shape index (κ2) is 6.27. The van der Waals surface area contributed by atoms with E-state index in [2.05, 4.69) is 13.5 Å². The highest BCUT2D eigenvalue weighted by atomic mass is 14.3. The van der Waals surface area contributed by atoms with Gasteiger partial charge in [0, 0.05) is 6.21 Å². The Morgan fingerprint density at radius 3 is 2.80 bits per heavy atom. The fourth-order valence-corrected chi connectivity index (χ4v) is 0.671. The van der Waals surface area contributed by atoms with Gasteiger partial charge in [-0.05, 0) is 18.9 Å². The molecule has 0 aromatic carbocycles. The van der Waals surface area contributed by atoms with Crippen LogP contribution >= 0.6 is 0 Å². The molecule has 0 aromatic heterocycles. The van der Waals surface area contributed by atoms with Crippen LogP contribution in [0.25, 0.3) is 0 Å². The molecule has 0 spiro atoms. The van der Waals surface area contributed by atoms with Crippen molar-refractivity contribution < 1.29 is 0 Å². The molecule has 10 heavy (non-hydrogen) atoms. The van der Waals surface area contributed by atoms with E-state index in [1.807, 2.05) is 6.08 Å². The maximum absolute atomic E-state index is 6.72. The molecule has 0 bridgehead atoms. The summed E-state index contributed by atoms with van der Waals surface area (Å²) in [4.78, 5) is 0. The third-order valence-electron chi connectivity index (χ3n) is 1.28. The summed E-state index contributed by atoms with van der Waals surface area (Å²) >= 11 is 0. The second-order valence-corrected chi connectivity index (χ2v) is 2.29. The van der Waals surface area contributed by atoms with Crippen LogP contribution in [-0.2, 0) is 0 Å². The minimum atomic E-state index is 1.06. The van der Waals surface area contributed by atoms with E-state index in [4.69, 9.17) is 5.41 Å². The molecule has 0 fully saturated rings. The van der Waals surface area contributed by atoms with Gasteiger partial charge < -0.3 is 5.41 Å². The molecule has 0 radical (unpaired) electrons. The molecule has 0 aromatic rings. The van der Waals surface area contributed by atoms with E-state index >= 15 is 0 Å². The molecule has 0 aliphatic rings. The van der Waals surface area contributed by atoms with Crippen molar-refractivity contribution in [2.75, 3.05) is 0 Å². The SMILES string of the molecule is C=C(/C=C\C=N)CCCC. The molecule has 0 aliphatic heterocycles. The molecule has 0 atom stereocenters. The first-order valence-corrected chi connectivity index (χ1v) is 3.66. The number of allylic oxidation sites excluding steroid dienone is 3. The Bertz CT molecular complexity index is 134. The van der Waals surface area contributed by atoms with E-state index < -0.39 is 0 Å². The lowest BCUT2D eigenvalue weighted by Gasteiger charge is -1.94. The average molecular weight is 137 g/mol. The molecule has 0 heterocycles. The van der Waals surface area contributed by atoms with E-state index in [9.17, 15) is 0 Å². The van der Waals surface area contributed by atoms with E-state index in [0.29, 0.717) is 0 Å². The van der Waals surface area contributed by atoms with Gasteiger partial charge in [-0.2, -0.15) is 0 Å². The number of hydrogen-bond donors (Lipinski definition) is 1. The summed E-state index contributed by atoms with van der Waals surface area (Å²) in [5.74, 6) is 0. The van der Waals surface area contributed by atoms with Crippen LogP contribution in [0.1, 0.15) is 26.2 Å². The van der Waals surface area contributed by atoms with Crippen LogP contribution in [0, 0.1) is 5.41 Å². The zero-order valence-electron chi connectivity index (χ0n) is 6.56. The van der Waals surface area contributed by atoms with Crippen LogP contribution in [0.15, 0.2) is 24.3 Å². The van der Waals surface area contributed by atoms with E-state index in [1.165, 1.54) is 19.1 Å². The quantitative estimate of drug-likeness (QED) is 0.445. The summed E-state index contributed by atoms with van der Waals surface area (Å²) in [6.45, 7) is 6.00. The van der Waals surface area contributed by atoms with Gasteiger partial charge in [0.25, 0.3) is 0 Å². The monoisotopic (exact) mass is 137 g/mol. The van der Waals surface area contributed by atoms with Crippen molar-refractivity contribution in [1.82, 2.24) is 0 Å². The van der Waals surface area contributed by atoms with Crippen molar-refractivity contribution in [3.05, 3.63) is 24.3 Å². The zero-order chi connectivity index (χ0) is 7.82. The lowest BCUT2D eigenvalue weighted by molar-refractivity contribution is 0.799. The van der Waals surface area contributed by atoms with Crippen molar-refractivity contribution >= 4 is 6.21 Å². The minimum absolute atomic E-state index is 1.06. The third-order valence-corrected chi connectivity index (χ3v) is 1.28. The van der Waals surface area contributed by atoms with Crippen molar-refractivity contribution in [1.29, 1.82) is 5.41 Å². The minimum Gasteiger partial charge on any atom is -0.309 e. The number of nitrogens with one attached hydrogen (secondary N) is 1. The van der Waals surface area contributed by atoms with Crippen molar-refractivity contribution in [2.45, 2.75) is 26.2 Å². The standard InChI is InChI=1S/C9H15N/c1-3-4-6-9(2)7-5-8-10/h5,7-8,10H,2-4,6H2,1H3/b7-5-,10-8?. The molecule has 56 valence electrons.